The summed E-state index contributed by atoms with van der Waals surface area (Å²) in [7, 11) is 0. The summed E-state index contributed by atoms with van der Waals surface area (Å²) >= 11 is 0. The molecule has 0 aliphatic carbocycles. The Bertz CT molecular complexity index is 473. The van der Waals surface area contributed by atoms with Crippen molar-refractivity contribution in [1.82, 2.24) is 0 Å². The van der Waals surface area contributed by atoms with E-state index in [1.165, 1.54) is 0 Å². The molecule has 4 heteroatoms. The van der Waals surface area contributed by atoms with Crippen LogP contribution >= 0.6 is 0 Å². The Morgan fingerprint density at radius 2 is 1.21 bits per heavy atom. The summed E-state index contributed by atoms with van der Waals surface area (Å²) in [5, 5.41) is 10.4. The van der Waals surface area contributed by atoms with E-state index in [1.54, 1.807) is 0 Å². The lowest BCUT2D eigenvalue weighted by molar-refractivity contribution is -0.505. The van der Waals surface area contributed by atoms with Gasteiger partial charge >= 0.3 is 0 Å². The van der Waals surface area contributed by atoms with Gasteiger partial charge < -0.3 is 0 Å². The van der Waals surface area contributed by atoms with Crippen molar-refractivity contribution in [3.63, 3.8) is 0 Å². The van der Waals surface area contributed by atoms with Gasteiger partial charge in [-0.1, -0.05) is 67.7 Å². The molecule has 4 nitrogen and oxygen atoms in total. The lowest BCUT2D eigenvalue weighted by atomic mass is 10.1. The van der Waals surface area contributed by atoms with Crippen LogP contribution in [-0.2, 0) is 4.79 Å². The van der Waals surface area contributed by atoms with Crippen molar-refractivity contribution in [3.05, 3.63) is 70.9 Å². The maximum atomic E-state index is 10.4. The summed E-state index contributed by atoms with van der Waals surface area (Å²) < 4.78 is 0. The van der Waals surface area contributed by atoms with E-state index in [0.29, 0.717) is 12.7 Å². The van der Waals surface area contributed by atoms with E-state index >= 15 is 0 Å². The van der Waals surface area contributed by atoms with Gasteiger partial charge in [0.25, 0.3) is 6.04 Å². The molecule has 0 amide bonds. The van der Waals surface area contributed by atoms with E-state index in [4.69, 9.17) is 0 Å². The van der Waals surface area contributed by atoms with Gasteiger partial charge in [-0.2, -0.15) is 0 Å². The maximum absolute atomic E-state index is 10.4. The van der Waals surface area contributed by atoms with Crippen LogP contribution in [-0.4, -0.2) is 17.3 Å². The summed E-state index contributed by atoms with van der Waals surface area (Å²) in [4.78, 5) is 20.4. The van der Waals surface area contributed by atoms with Gasteiger partial charge in [-0.05, 0) is 38.5 Å². The quantitative estimate of drug-likeness (QED) is 0.186. The Kier molecular flexibility index (Phi) is 15.5. The van der Waals surface area contributed by atoms with Crippen LogP contribution in [0.2, 0.25) is 0 Å². The largest absolute Gasteiger partial charge is 0.296 e. The van der Waals surface area contributed by atoms with E-state index in [1.807, 2.05) is 12.2 Å². The van der Waals surface area contributed by atoms with Gasteiger partial charge in [0, 0.05) is 11.3 Å². The number of hydrogen-bond donors (Lipinski definition) is 0. The number of aldehydes is 1. The molecule has 0 saturated carbocycles. The highest BCUT2D eigenvalue weighted by Crippen LogP contribution is 2.01. The molecule has 0 aromatic carbocycles. The van der Waals surface area contributed by atoms with Crippen LogP contribution < -0.4 is 0 Å². The third kappa shape index (κ3) is 14.7. The zero-order valence-electron chi connectivity index (χ0n) is 14.5. The van der Waals surface area contributed by atoms with Crippen LogP contribution in [0.1, 0.15) is 51.9 Å². The Balaban J connectivity index is 3.63. The van der Waals surface area contributed by atoms with Crippen LogP contribution in [0, 0.1) is 10.1 Å². The number of nitro groups is 1. The molecule has 24 heavy (non-hydrogen) atoms. The fraction of sp³-hybridized carbons (Fsp3) is 0.450. The number of carbonyl (C=O) groups is 1. The zero-order chi connectivity index (χ0) is 17.9. The van der Waals surface area contributed by atoms with Gasteiger partial charge in [-0.3, -0.25) is 14.9 Å². The van der Waals surface area contributed by atoms with E-state index in [9.17, 15) is 14.9 Å². The van der Waals surface area contributed by atoms with Crippen molar-refractivity contribution < 1.29 is 9.72 Å². The second-order valence-corrected chi connectivity index (χ2v) is 5.27. The van der Waals surface area contributed by atoms with E-state index in [2.05, 4.69) is 55.5 Å². The Labute approximate surface area is 145 Å². The molecular weight excluding hydrogens is 302 g/mol. The fourth-order valence-corrected chi connectivity index (χ4v) is 1.86. The molecule has 0 rings (SSSR count). The molecule has 1 atom stereocenters. The Hall–Kier alpha value is -2.23. The monoisotopic (exact) mass is 331 g/mol. The number of carbonyl (C=O) groups excluding carboxylic acids is 1. The highest BCUT2D eigenvalue weighted by atomic mass is 16.6. The van der Waals surface area contributed by atoms with Gasteiger partial charge in [0.2, 0.25) is 0 Å². The second-order valence-electron chi connectivity index (χ2n) is 5.27. The van der Waals surface area contributed by atoms with Crippen molar-refractivity contribution in [2.75, 3.05) is 0 Å². The van der Waals surface area contributed by atoms with E-state index < -0.39 is 11.0 Å². The lowest BCUT2D eigenvalue weighted by Crippen LogP contribution is -2.20. The number of nitrogens with zero attached hydrogens (tertiary/aromatic N) is 1. The minimum absolute atomic E-state index is 0.265. The predicted molar refractivity (Wildman–Crippen MR) is 101 cm³/mol. The molecule has 0 saturated heterocycles. The molecule has 0 radical (unpaired) electrons. The van der Waals surface area contributed by atoms with Gasteiger partial charge in [-0.25, -0.2) is 0 Å². The maximum Gasteiger partial charge on any atom is 0.267 e. The van der Waals surface area contributed by atoms with E-state index in [0.717, 1.165) is 32.1 Å². The van der Waals surface area contributed by atoms with Crippen LogP contribution in [0.4, 0.5) is 0 Å². The van der Waals surface area contributed by atoms with Gasteiger partial charge in [0.05, 0.1) is 0 Å². The van der Waals surface area contributed by atoms with Gasteiger partial charge in [-0.15, -0.1) is 0 Å². The smallest absolute Gasteiger partial charge is 0.267 e. The van der Waals surface area contributed by atoms with Crippen LogP contribution in [0.25, 0.3) is 0 Å². The SMILES string of the molecule is CC/C=C/C/C=C/C/C=C/C/C=C/C/C=C/CCC(C=O)[N+](=O)[O-]. The molecule has 0 N–H and O–H groups in total. The lowest BCUT2D eigenvalue weighted by Gasteiger charge is -1.98. The summed E-state index contributed by atoms with van der Waals surface area (Å²) in [6.07, 6.45) is 27.0. The highest BCUT2D eigenvalue weighted by Gasteiger charge is 2.16. The molecule has 0 aliphatic rings. The van der Waals surface area contributed by atoms with Crippen molar-refractivity contribution in [2.45, 2.75) is 57.9 Å². The summed E-state index contributed by atoms with van der Waals surface area (Å²) in [6.45, 7) is 2.13. The number of allylic oxidation sites excluding steroid dienone is 10. The van der Waals surface area contributed by atoms with Crippen molar-refractivity contribution in [1.29, 1.82) is 0 Å². The standard InChI is InChI=1S/C20H29NO3/c1-2-3-4-5-6-7-8-9-10-11-12-13-14-15-16-17-18-20(19-22)21(23)24/h3-4,6-7,9-10,12-13,15-16,19-20H,2,5,8,11,14,17-18H2,1H3/b4-3+,7-6+,10-9+,13-12+,16-15+. The third-order valence-electron chi connectivity index (χ3n) is 3.21. The fourth-order valence-electron chi connectivity index (χ4n) is 1.86. The first-order valence-electron chi connectivity index (χ1n) is 8.56. The molecule has 0 fully saturated rings. The number of rotatable bonds is 14. The zero-order valence-corrected chi connectivity index (χ0v) is 14.5. The van der Waals surface area contributed by atoms with Gasteiger partial charge in [0.1, 0.15) is 0 Å². The molecular formula is C20H29NO3. The summed E-state index contributed by atoms with van der Waals surface area (Å²) in [5.41, 5.74) is 0. The van der Waals surface area contributed by atoms with Crippen LogP contribution in [0.5, 0.6) is 0 Å². The summed E-state index contributed by atoms with van der Waals surface area (Å²) in [6, 6.07) is -1.08. The normalized spacial score (nSPS) is 13.9. The topological polar surface area (TPSA) is 60.2 Å². The summed E-state index contributed by atoms with van der Waals surface area (Å²) in [5.74, 6) is 0. The van der Waals surface area contributed by atoms with Crippen molar-refractivity contribution in [3.8, 4) is 0 Å². The van der Waals surface area contributed by atoms with Crippen LogP contribution in [0.3, 0.4) is 0 Å². The first-order chi connectivity index (χ1) is 11.7. The Morgan fingerprint density at radius 1 is 0.792 bits per heavy atom. The molecule has 0 bridgehead atoms. The molecule has 0 aliphatic heterocycles. The third-order valence-corrected chi connectivity index (χ3v) is 3.21. The molecule has 0 aromatic heterocycles. The molecule has 132 valence electrons. The van der Waals surface area contributed by atoms with E-state index in [-0.39, 0.29) is 6.42 Å². The van der Waals surface area contributed by atoms with Gasteiger partial charge in [0.15, 0.2) is 6.29 Å². The Morgan fingerprint density at radius 3 is 1.58 bits per heavy atom. The first-order valence-corrected chi connectivity index (χ1v) is 8.56. The first kappa shape index (κ1) is 21.8. The highest BCUT2D eigenvalue weighted by molar-refractivity contribution is 5.55. The average molecular weight is 331 g/mol. The molecule has 0 aromatic rings. The predicted octanol–water partition coefficient (Wildman–Crippen LogP) is 5.36. The molecule has 0 heterocycles. The minimum atomic E-state index is -1.08. The van der Waals surface area contributed by atoms with Crippen molar-refractivity contribution >= 4 is 6.29 Å². The average Bonchev–Trinajstić information content (AvgIpc) is 2.57. The second kappa shape index (κ2) is 17.1. The molecule has 0 spiro atoms. The van der Waals surface area contributed by atoms with Crippen molar-refractivity contribution in [2.24, 2.45) is 0 Å². The van der Waals surface area contributed by atoms with Crippen LogP contribution in [0.15, 0.2) is 60.8 Å². The number of hydrogen-bond acceptors (Lipinski definition) is 3. The molecule has 1 unspecified atom stereocenters. The minimum Gasteiger partial charge on any atom is -0.296 e.